The van der Waals surface area contributed by atoms with Crippen LogP contribution < -0.4 is 10.6 Å². The molecule has 3 N–H and O–H groups in total. The minimum Gasteiger partial charge on any atom is -0.507 e. The molecule has 1 aromatic carbocycles. The molecule has 2 aromatic rings. The summed E-state index contributed by atoms with van der Waals surface area (Å²) in [5.74, 6) is 0.271. The minimum absolute atomic E-state index is 0.165. The van der Waals surface area contributed by atoms with Crippen molar-refractivity contribution in [2.45, 2.75) is 71.3 Å². The molecule has 7 nitrogen and oxygen atoms in total. The van der Waals surface area contributed by atoms with Crippen LogP contribution in [0.2, 0.25) is 0 Å². The molecule has 0 radical (unpaired) electrons. The fourth-order valence-corrected chi connectivity index (χ4v) is 5.57. The fraction of sp³-hybridized carbons (Fsp3) is 0.577. The fourth-order valence-electron chi connectivity index (χ4n) is 4.88. The first kappa shape index (κ1) is 24.7. The molecule has 3 fully saturated rings. The highest BCUT2D eigenvalue weighted by molar-refractivity contribution is 7.14. The van der Waals surface area contributed by atoms with E-state index in [-0.39, 0.29) is 34.4 Å². The van der Waals surface area contributed by atoms with Crippen LogP contribution >= 0.6 is 11.3 Å². The van der Waals surface area contributed by atoms with Gasteiger partial charge in [0.25, 0.3) is 11.8 Å². The topological polar surface area (TPSA) is 94.6 Å². The van der Waals surface area contributed by atoms with Crippen molar-refractivity contribution in [1.29, 1.82) is 0 Å². The lowest BCUT2D eigenvalue weighted by molar-refractivity contribution is 0.0618. The van der Waals surface area contributed by atoms with Crippen molar-refractivity contribution in [2.24, 2.45) is 5.92 Å². The standard InChI is InChI=1S/C26H36N4O3S/c1-25(2,3)17-11-16(12-18(21(17)31)26(4,5)6)22(32)29-24-28-20(14-34-24)23(33)27-19-13-30-9-7-15(19)8-10-30/h11-12,14-15,19,31H,7-10,13H2,1-6H3,(H,27,33)(H,28,29,32). The molecule has 2 bridgehead atoms. The number of anilines is 1. The summed E-state index contributed by atoms with van der Waals surface area (Å²) in [6, 6.07) is 3.65. The Morgan fingerprint density at radius 2 is 1.62 bits per heavy atom. The molecule has 3 saturated heterocycles. The van der Waals surface area contributed by atoms with Crippen molar-refractivity contribution >= 4 is 28.3 Å². The number of carbonyl (C=O) groups is 2. The summed E-state index contributed by atoms with van der Waals surface area (Å²) >= 11 is 1.24. The van der Waals surface area contributed by atoms with Gasteiger partial charge in [0.2, 0.25) is 0 Å². The Morgan fingerprint density at radius 3 is 2.12 bits per heavy atom. The van der Waals surface area contributed by atoms with Crippen molar-refractivity contribution in [1.82, 2.24) is 15.2 Å². The third-order valence-electron chi connectivity index (χ3n) is 6.92. The van der Waals surface area contributed by atoms with Crippen LogP contribution in [0.1, 0.15) is 86.4 Å². The largest absolute Gasteiger partial charge is 0.507 e. The molecule has 34 heavy (non-hydrogen) atoms. The summed E-state index contributed by atoms with van der Waals surface area (Å²) in [5, 5.41) is 19.0. The highest BCUT2D eigenvalue weighted by Crippen LogP contribution is 2.40. The van der Waals surface area contributed by atoms with Crippen LogP contribution in [0.4, 0.5) is 5.13 Å². The van der Waals surface area contributed by atoms with Gasteiger partial charge in [0.1, 0.15) is 11.4 Å². The van der Waals surface area contributed by atoms with E-state index in [0.29, 0.717) is 22.3 Å². The number of phenolic OH excluding ortho intramolecular Hbond substituents is 1. The Bertz CT molecular complexity index is 1050. The summed E-state index contributed by atoms with van der Waals surface area (Å²) in [6.45, 7) is 15.2. The molecule has 1 atom stereocenters. The Morgan fingerprint density at radius 1 is 1.03 bits per heavy atom. The van der Waals surface area contributed by atoms with Gasteiger partial charge in [0.15, 0.2) is 5.13 Å². The summed E-state index contributed by atoms with van der Waals surface area (Å²) in [5.41, 5.74) is 1.57. The quantitative estimate of drug-likeness (QED) is 0.593. The molecule has 184 valence electrons. The van der Waals surface area contributed by atoms with E-state index < -0.39 is 0 Å². The SMILES string of the molecule is CC(C)(C)c1cc(C(=O)Nc2nc(C(=O)NC3CN4CCC3CC4)cs2)cc(C(C)(C)C)c1O. The molecule has 8 heteroatoms. The third-order valence-corrected chi connectivity index (χ3v) is 7.68. The predicted molar refractivity (Wildman–Crippen MR) is 136 cm³/mol. The van der Waals surface area contributed by atoms with Gasteiger partial charge >= 0.3 is 0 Å². The van der Waals surface area contributed by atoms with Crippen molar-refractivity contribution in [3.63, 3.8) is 0 Å². The zero-order chi connectivity index (χ0) is 24.8. The molecule has 0 spiro atoms. The smallest absolute Gasteiger partial charge is 0.271 e. The van der Waals surface area contributed by atoms with Gasteiger partial charge < -0.3 is 15.3 Å². The first-order valence-electron chi connectivity index (χ1n) is 12.0. The first-order chi connectivity index (χ1) is 15.8. The van der Waals surface area contributed by atoms with Gasteiger partial charge in [0.05, 0.1) is 0 Å². The summed E-state index contributed by atoms with van der Waals surface area (Å²) in [7, 11) is 0. The number of hydrogen-bond donors (Lipinski definition) is 3. The predicted octanol–water partition coefficient (Wildman–Crippen LogP) is 4.52. The van der Waals surface area contributed by atoms with E-state index in [0.717, 1.165) is 43.6 Å². The van der Waals surface area contributed by atoms with Gasteiger partial charge in [-0.1, -0.05) is 41.5 Å². The van der Waals surface area contributed by atoms with Crippen molar-refractivity contribution < 1.29 is 14.7 Å². The number of nitrogens with one attached hydrogen (secondary N) is 2. The highest BCUT2D eigenvalue weighted by atomic mass is 32.1. The number of thiazole rings is 1. The lowest BCUT2D eigenvalue weighted by atomic mass is 9.78. The Hall–Kier alpha value is -2.45. The average molecular weight is 485 g/mol. The molecule has 0 aliphatic carbocycles. The first-order valence-corrected chi connectivity index (χ1v) is 12.9. The number of fused-ring (bicyclic) bond motifs is 3. The van der Waals surface area contributed by atoms with Crippen LogP contribution in [0, 0.1) is 5.92 Å². The van der Waals surface area contributed by atoms with E-state index in [1.54, 1.807) is 17.5 Å². The maximum atomic E-state index is 13.1. The lowest BCUT2D eigenvalue weighted by Gasteiger charge is -2.44. The zero-order valence-electron chi connectivity index (χ0n) is 21.0. The molecule has 3 aliphatic heterocycles. The van der Waals surface area contributed by atoms with Crippen LogP contribution in [0.25, 0.3) is 0 Å². The summed E-state index contributed by atoms with van der Waals surface area (Å²) in [4.78, 5) is 32.7. The second kappa shape index (κ2) is 8.96. The van der Waals surface area contributed by atoms with Crippen molar-refractivity contribution in [2.75, 3.05) is 25.0 Å². The normalized spacial score (nSPS) is 22.5. The molecule has 1 unspecified atom stereocenters. The summed E-state index contributed by atoms with van der Waals surface area (Å²) in [6.07, 6.45) is 2.26. The van der Waals surface area contributed by atoms with Gasteiger partial charge in [-0.15, -0.1) is 11.3 Å². The van der Waals surface area contributed by atoms with Crippen LogP contribution in [-0.2, 0) is 10.8 Å². The van der Waals surface area contributed by atoms with Gasteiger partial charge in [-0.05, 0) is 54.8 Å². The van der Waals surface area contributed by atoms with Gasteiger partial charge in [-0.3, -0.25) is 14.9 Å². The van der Waals surface area contributed by atoms with Gasteiger partial charge in [0, 0.05) is 34.7 Å². The van der Waals surface area contributed by atoms with Crippen LogP contribution in [0.15, 0.2) is 17.5 Å². The molecule has 3 aliphatic rings. The number of nitrogens with zero attached hydrogens (tertiary/aromatic N) is 2. The second-order valence-electron chi connectivity index (χ2n) is 11.6. The number of amides is 2. The van der Waals surface area contributed by atoms with E-state index in [9.17, 15) is 14.7 Å². The van der Waals surface area contributed by atoms with Crippen LogP contribution in [0.5, 0.6) is 5.75 Å². The second-order valence-corrected chi connectivity index (χ2v) is 12.5. The number of hydrogen-bond acceptors (Lipinski definition) is 6. The van der Waals surface area contributed by atoms with E-state index in [1.807, 2.05) is 41.5 Å². The molecular formula is C26H36N4O3S. The molecule has 2 amide bonds. The van der Waals surface area contributed by atoms with Crippen molar-refractivity contribution in [3.05, 3.63) is 39.9 Å². The Labute approximate surface area is 206 Å². The number of benzene rings is 1. The van der Waals surface area contributed by atoms with E-state index in [4.69, 9.17) is 0 Å². The van der Waals surface area contributed by atoms with Crippen LogP contribution in [-0.4, -0.2) is 52.5 Å². The lowest BCUT2D eigenvalue weighted by Crippen LogP contribution is -2.57. The highest BCUT2D eigenvalue weighted by Gasteiger charge is 2.35. The van der Waals surface area contributed by atoms with Gasteiger partial charge in [-0.2, -0.15) is 0 Å². The number of rotatable bonds is 4. The molecular weight excluding hydrogens is 448 g/mol. The number of piperidine rings is 3. The van der Waals surface area contributed by atoms with E-state index in [1.165, 1.54) is 11.3 Å². The zero-order valence-corrected chi connectivity index (χ0v) is 21.8. The monoisotopic (exact) mass is 484 g/mol. The molecule has 5 rings (SSSR count). The van der Waals surface area contributed by atoms with Gasteiger partial charge in [-0.25, -0.2) is 4.98 Å². The molecule has 0 saturated carbocycles. The average Bonchev–Trinajstić information content (AvgIpc) is 3.21. The Kier molecular flexibility index (Phi) is 6.50. The van der Waals surface area contributed by atoms with E-state index >= 15 is 0 Å². The minimum atomic E-state index is -0.331. The summed E-state index contributed by atoms with van der Waals surface area (Å²) < 4.78 is 0. The third kappa shape index (κ3) is 5.13. The van der Waals surface area contributed by atoms with Crippen molar-refractivity contribution in [3.8, 4) is 5.75 Å². The maximum Gasteiger partial charge on any atom is 0.271 e. The Balaban J connectivity index is 1.50. The molecule has 4 heterocycles. The number of carbonyl (C=O) groups excluding carboxylic acids is 2. The maximum absolute atomic E-state index is 13.1. The number of phenols is 1. The number of aromatic nitrogens is 1. The van der Waals surface area contributed by atoms with E-state index in [2.05, 4.69) is 20.5 Å². The van der Waals surface area contributed by atoms with Crippen LogP contribution in [0.3, 0.4) is 0 Å². The number of aromatic hydroxyl groups is 1. The molecule has 1 aromatic heterocycles.